The van der Waals surface area contributed by atoms with Gasteiger partial charge in [0, 0.05) is 18.1 Å². The molecule has 0 saturated carbocycles. The monoisotopic (exact) mass is 451 g/mol. The van der Waals surface area contributed by atoms with Gasteiger partial charge in [-0.1, -0.05) is 17.3 Å². The van der Waals surface area contributed by atoms with Gasteiger partial charge in [0.05, 0.1) is 35.8 Å². The molecule has 4 rings (SSSR count). The lowest BCUT2D eigenvalue weighted by Crippen LogP contribution is -2.38. The number of hydrogen-bond donors (Lipinski definition) is 3. The summed E-state index contributed by atoms with van der Waals surface area (Å²) in [6.07, 6.45) is 0.417. The third-order valence-corrected chi connectivity index (χ3v) is 5.09. The number of halogens is 1. The van der Waals surface area contributed by atoms with Gasteiger partial charge in [0.1, 0.15) is 5.82 Å². The molecular weight excluding hydrogens is 429 g/mol. The van der Waals surface area contributed by atoms with Crippen LogP contribution in [-0.2, 0) is 16.1 Å². The summed E-state index contributed by atoms with van der Waals surface area (Å²) in [4.78, 5) is 29.2. The Morgan fingerprint density at radius 1 is 1.27 bits per heavy atom. The van der Waals surface area contributed by atoms with Crippen molar-refractivity contribution in [1.29, 1.82) is 0 Å². The van der Waals surface area contributed by atoms with Crippen LogP contribution >= 0.6 is 0 Å². The standard InChI is InChI=1S/C22H22FN7O3/c1-11-20-17(29-22(25)26-11)9-16(28-21(20)30-33-10-18(24)31)13-7-6-12(23)8-14(13)15-4-3-5-19(27-15)32-2/h3-8,16H,9-10H2,1-2H3,(H2,24,31)(H,28,30)(H2,25,26,29). The van der Waals surface area contributed by atoms with Crippen molar-refractivity contribution < 1.29 is 18.8 Å². The smallest absolute Gasteiger partial charge is 0.258 e. The van der Waals surface area contributed by atoms with Crippen molar-refractivity contribution in [3.63, 3.8) is 0 Å². The number of amidine groups is 1. The maximum absolute atomic E-state index is 14.2. The number of oxime groups is 1. The molecule has 11 heteroatoms. The Bertz CT molecular complexity index is 1250. The van der Waals surface area contributed by atoms with Gasteiger partial charge in [-0.15, -0.1) is 0 Å². The molecule has 0 bridgehead atoms. The highest BCUT2D eigenvalue weighted by atomic mass is 19.1. The average molecular weight is 451 g/mol. The van der Waals surface area contributed by atoms with Crippen LogP contribution in [0.15, 0.2) is 41.6 Å². The Kier molecular flexibility index (Phi) is 6.03. The van der Waals surface area contributed by atoms with Gasteiger partial charge >= 0.3 is 0 Å². The van der Waals surface area contributed by atoms with E-state index >= 15 is 0 Å². The zero-order valence-corrected chi connectivity index (χ0v) is 18.0. The highest BCUT2D eigenvalue weighted by Crippen LogP contribution is 2.34. The number of methoxy groups -OCH3 is 1. The van der Waals surface area contributed by atoms with Crippen LogP contribution < -0.4 is 21.5 Å². The lowest BCUT2D eigenvalue weighted by atomic mass is 9.90. The third kappa shape index (κ3) is 4.66. The van der Waals surface area contributed by atoms with E-state index in [-0.39, 0.29) is 12.0 Å². The van der Waals surface area contributed by atoms with Gasteiger partial charge in [-0.25, -0.2) is 19.3 Å². The number of benzene rings is 1. The number of hydrogen-bond acceptors (Lipinski definition) is 8. The third-order valence-electron chi connectivity index (χ3n) is 5.09. The molecule has 1 aliphatic rings. The number of nitrogen functional groups attached to an aromatic ring is 1. The van der Waals surface area contributed by atoms with Crippen molar-refractivity contribution in [3.05, 3.63) is 64.7 Å². The van der Waals surface area contributed by atoms with Crippen LogP contribution in [0.3, 0.4) is 0 Å². The van der Waals surface area contributed by atoms with Crippen molar-refractivity contribution in [2.24, 2.45) is 10.9 Å². The van der Waals surface area contributed by atoms with E-state index in [1.165, 1.54) is 19.2 Å². The van der Waals surface area contributed by atoms with Gasteiger partial charge in [-0.05, 0) is 30.7 Å². The molecule has 1 aliphatic heterocycles. The predicted octanol–water partition coefficient (Wildman–Crippen LogP) is 1.63. The van der Waals surface area contributed by atoms with Crippen LogP contribution in [0.2, 0.25) is 0 Å². The molecule has 0 saturated heterocycles. The number of carbonyl (C=O) groups is 1. The molecule has 1 unspecified atom stereocenters. The number of rotatable bonds is 6. The van der Waals surface area contributed by atoms with Crippen molar-refractivity contribution in [2.75, 3.05) is 19.5 Å². The number of nitrogens with zero attached hydrogens (tertiary/aromatic N) is 4. The van der Waals surface area contributed by atoms with Crippen molar-refractivity contribution in [2.45, 2.75) is 19.4 Å². The van der Waals surface area contributed by atoms with E-state index < -0.39 is 18.3 Å². The Balaban J connectivity index is 1.80. The number of aromatic nitrogens is 3. The van der Waals surface area contributed by atoms with Crippen LogP contribution in [0.5, 0.6) is 5.88 Å². The van der Waals surface area contributed by atoms with Gasteiger partial charge in [0.25, 0.3) is 5.91 Å². The zero-order chi connectivity index (χ0) is 23.5. The van der Waals surface area contributed by atoms with E-state index in [4.69, 9.17) is 21.0 Å². The minimum Gasteiger partial charge on any atom is -0.481 e. The SMILES string of the molecule is COc1cccc(-c2cc(F)ccc2C2Cc3nc(N)nc(C)c3/C(=N/OCC(N)=O)N2)n1. The van der Waals surface area contributed by atoms with E-state index in [1.54, 1.807) is 31.2 Å². The normalized spacial score (nSPS) is 16.1. The fraction of sp³-hybridized carbons (Fsp3) is 0.227. The maximum Gasteiger partial charge on any atom is 0.258 e. The maximum atomic E-state index is 14.2. The van der Waals surface area contributed by atoms with E-state index in [2.05, 4.69) is 25.4 Å². The summed E-state index contributed by atoms with van der Waals surface area (Å²) in [6, 6.07) is 9.33. The number of anilines is 1. The summed E-state index contributed by atoms with van der Waals surface area (Å²) in [5.41, 5.74) is 14.7. The van der Waals surface area contributed by atoms with Crippen LogP contribution in [0.4, 0.5) is 10.3 Å². The second-order valence-electron chi connectivity index (χ2n) is 7.37. The Morgan fingerprint density at radius 3 is 2.85 bits per heavy atom. The first-order chi connectivity index (χ1) is 15.9. The minimum absolute atomic E-state index is 0.123. The molecule has 170 valence electrons. The van der Waals surface area contributed by atoms with Crippen LogP contribution in [0.25, 0.3) is 11.3 Å². The number of fused-ring (bicyclic) bond motifs is 1. The average Bonchev–Trinajstić information content (AvgIpc) is 2.78. The highest BCUT2D eigenvalue weighted by molar-refractivity contribution is 6.01. The van der Waals surface area contributed by atoms with Crippen molar-refractivity contribution in [3.8, 4) is 17.1 Å². The number of amides is 1. The van der Waals surface area contributed by atoms with Crippen molar-refractivity contribution >= 4 is 17.7 Å². The molecule has 0 spiro atoms. The lowest BCUT2D eigenvalue weighted by molar-refractivity contribution is -0.122. The number of carbonyl (C=O) groups excluding carboxylic acids is 1. The van der Waals surface area contributed by atoms with E-state index in [0.29, 0.717) is 46.3 Å². The van der Waals surface area contributed by atoms with Gasteiger partial charge in [-0.2, -0.15) is 0 Å². The summed E-state index contributed by atoms with van der Waals surface area (Å²) in [6.45, 7) is 1.38. The molecule has 5 N–H and O–H groups in total. The van der Waals surface area contributed by atoms with Crippen LogP contribution in [0, 0.1) is 12.7 Å². The topological polar surface area (TPSA) is 151 Å². The largest absolute Gasteiger partial charge is 0.481 e. The molecule has 1 aromatic carbocycles. The molecule has 0 fully saturated rings. The first kappa shape index (κ1) is 21.9. The fourth-order valence-electron chi connectivity index (χ4n) is 3.75. The van der Waals surface area contributed by atoms with Gasteiger partial charge < -0.3 is 26.4 Å². The van der Waals surface area contributed by atoms with E-state index in [9.17, 15) is 9.18 Å². The molecule has 3 heterocycles. The van der Waals surface area contributed by atoms with Crippen LogP contribution in [-0.4, -0.2) is 40.4 Å². The van der Waals surface area contributed by atoms with Gasteiger partial charge in [0.15, 0.2) is 12.4 Å². The predicted molar refractivity (Wildman–Crippen MR) is 119 cm³/mol. The molecular formula is C22H22FN7O3. The summed E-state index contributed by atoms with van der Waals surface area (Å²) >= 11 is 0. The molecule has 3 aromatic rings. The van der Waals surface area contributed by atoms with Gasteiger partial charge in [0.2, 0.25) is 11.8 Å². The fourth-order valence-corrected chi connectivity index (χ4v) is 3.75. The molecule has 1 amide bonds. The molecule has 2 aromatic heterocycles. The Morgan fingerprint density at radius 2 is 2.09 bits per heavy atom. The Labute approximate surface area is 188 Å². The number of primary amides is 1. The van der Waals surface area contributed by atoms with Gasteiger partial charge in [-0.3, -0.25) is 4.79 Å². The zero-order valence-electron chi connectivity index (χ0n) is 18.0. The molecule has 1 atom stereocenters. The number of nitrogens with one attached hydrogen (secondary N) is 1. The molecule has 33 heavy (non-hydrogen) atoms. The summed E-state index contributed by atoms with van der Waals surface area (Å²) in [5.74, 6) is -0.229. The lowest BCUT2D eigenvalue weighted by Gasteiger charge is -2.29. The minimum atomic E-state index is -0.665. The van der Waals surface area contributed by atoms with E-state index in [0.717, 1.165) is 5.56 Å². The first-order valence-electron chi connectivity index (χ1n) is 10.0. The first-order valence-corrected chi connectivity index (χ1v) is 10.0. The highest BCUT2D eigenvalue weighted by Gasteiger charge is 2.30. The number of pyridine rings is 1. The van der Waals surface area contributed by atoms with Crippen LogP contribution in [0.1, 0.15) is 28.6 Å². The Hall–Kier alpha value is -4.28. The number of ether oxygens (including phenoxy) is 1. The summed E-state index contributed by atoms with van der Waals surface area (Å²) in [7, 11) is 1.51. The quantitative estimate of drug-likeness (QED) is 0.479. The molecule has 0 radical (unpaired) electrons. The number of aryl methyl sites for hydroxylation is 1. The number of nitrogens with two attached hydrogens (primary N) is 2. The summed E-state index contributed by atoms with van der Waals surface area (Å²) in [5, 5.41) is 7.34. The molecule has 0 aliphatic carbocycles. The molecule has 10 nitrogen and oxygen atoms in total. The second kappa shape index (κ2) is 9.07. The van der Waals surface area contributed by atoms with E-state index in [1.807, 2.05) is 0 Å². The summed E-state index contributed by atoms with van der Waals surface area (Å²) < 4.78 is 19.5. The second-order valence-corrected chi connectivity index (χ2v) is 7.37. The van der Waals surface area contributed by atoms with Crippen molar-refractivity contribution in [1.82, 2.24) is 20.3 Å².